The van der Waals surface area contributed by atoms with Crippen LogP contribution in [0.1, 0.15) is 26.2 Å². The van der Waals surface area contributed by atoms with E-state index >= 15 is 0 Å². The zero-order valence-electron chi connectivity index (χ0n) is 7.68. The molecule has 3 heteroatoms. The van der Waals surface area contributed by atoms with Crippen molar-refractivity contribution >= 4 is 11.6 Å². The quantitative estimate of drug-likeness (QED) is 0.511. The monoisotopic (exact) mass is 191 g/mol. The van der Waals surface area contributed by atoms with Gasteiger partial charge in [0.2, 0.25) is 0 Å². The molecule has 1 N–H and O–H groups in total. The highest BCUT2D eigenvalue weighted by Crippen LogP contribution is 2.24. The molecule has 0 aliphatic heterocycles. The number of hydrogen-bond donors (Lipinski definition) is 1. The summed E-state index contributed by atoms with van der Waals surface area (Å²) in [5.41, 5.74) is 0. The maximum absolute atomic E-state index is 5.84. The highest BCUT2D eigenvalue weighted by atomic mass is 35.5. The summed E-state index contributed by atoms with van der Waals surface area (Å²) in [5, 5.41) is 3.81. The summed E-state index contributed by atoms with van der Waals surface area (Å²) in [6.45, 7) is 4.80. The molecule has 0 bridgehead atoms. The van der Waals surface area contributed by atoms with E-state index in [9.17, 15) is 0 Å². The van der Waals surface area contributed by atoms with E-state index in [0.29, 0.717) is 11.4 Å². The second kappa shape index (κ2) is 5.79. The fraction of sp³-hybridized carbons (Fsp3) is 1.00. The largest absolute Gasteiger partial charge is 0.380 e. The van der Waals surface area contributed by atoms with Crippen molar-refractivity contribution in [3.63, 3.8) is 0 Å². The molecule has 72 valence electrons. The molecule has 0 amide bonds. The summed E-state index contributed by atoms with van der Waals surface area (Å²) in [7, 11) is 0. The fourth-order valence-corrected chi connectivity index (χ4v) is 1.73. The Morgan fingerprint density at radius 2 is 2.17 bits per heavy atom. The lowest BCUT2D eigenvalue weighted by molar-refractivity contribution is 0.131. The Hall–Kier alpha value is 0.210. The van der Waals surface area contributed by atoms with E-state index in [2.05, 4.69) is 12.2 Å². The van der Waals surface area contributed by atoms with Crippen LogP contribution in [0.5, 0.6) is 0 Å². The van der Waals surface area contributed by atoms with Gasteiger partial charge in [0, 0.05) is 24.6 Å². The lowest BCUT2D eigenvalue weighted by Gasteiger charge is -2.31. The standard InChI is InChI=1S/C9H18ClNO/c1-2-4-12-5-3-11-9-6-8(10)7-9/h8-9,11H,2-7H2,1H3. The smallest absolute Gasteiger partial charge is 0.0590 e. The number of halogens is 1. The van der Waals surface area contributed by atoms with Crippen LogP contribution in [0.3, 0.4) is 0 Å². The van der Waals surface area contributed by atoms with Crippen LogP contribution in [0.25, 0.3) is 0 Å². The van der Waals surface area contributed by atoms with Crippen LogP contribution in [0.4, 0.5) is 0 Å². The molecule has 0 spiro atoms. The van der Waals surface area contributed by atoms with Gasteiger partial charge in [-0.2, -0.15) is 0 Å². The van der Waals surface area contributed by atoms with Gasteiger partial charge in [-0.3, -0.25) is 0 Å². The predicted octanol–water partition coefficient (Wildman–Crippen LogP) is 1.77. The van der Waals surface area contributed by atoms with E-state index in [1.807, 2.05) is 0 Å². The summed E-state index contributed by atoms with van der Waals surface area (Å²) in [4.78, 5) is 0. The number of ether oxygens (including phenoxy) is 1. The van der Waals surface area contributed by atoms with Crippen molar-refractivity contribution in [2.75, 3.05) is 19.8 Å². The van der Waals surface area contributed by atoms with Crippen molar-refractivity contribution in [2.24, 2.45) is 0 Å². The van der Waals surface area contributed by atoms with Gasteiger partial charge >= 0.3 is 0 Å². The number of hydrogen-bond acceptors (Lipinski definition) is 2. The summed E-state index contributed by atoms with van der Waals surface area (Å²) in [5.74, 6) is 0. The number of rotatable bonds is 6. The van der Waals surface area contributed by atoms with Gasteiger partial charge in [-0.25, -0.2) is 0 Å². The highest BCUT2D eigenvalue weighted by Gasteiger charge is 2.25. The van der Waals surface area contributed by atoms with E-state index < -0.39 is 0 Å². The van der Waals surface area contributed by atoms with Crippen molar-refractivity contribution in [2.45, 2.75) is 37.6 Å². The summed E-state index contributed by atoms with van der Waals surface area (Å²) in [6, 6.07) is 0.651. The van der Waals surface area contributed by atoms with E-state index in [-0.39, 0.29) is 0 Å². The molecule has 0 atom stereocenters. The zero-order chi connectivity index (χ0) is 8.81. The number of nitrogens with one attached hydrogen (secondary N) is 1. The van der Waals surface area contributed by atoms with Crippen LogP contribution in [-0.4, -0.2) is 31.2 Å². The van der Waals surface area contributed by atoms with Crippen molar-refractivity contribution in [1.29, 1.82) is 0 Å². The van der Waals surface area contributed by atoms with Crippen molar-refractivity contribution in [1.82, 2.24) is 5.32 Å². The first-order valence-corrected chi connectivity index (χ1v) is 5.21. The third-order valence-electron chi connectivity index (χ3n) is 2.11. The molecule has 0 unspecified atom stereocenters. The van der Waals surface area contributed by atoms with Crippen LogP contribution in [0.2, 0.25) is 0 Å². The van der Waals surface area contributed by atoms with Gasteiger partial charge in [0.15, 0.2) is 0 Å². The lowest BCUT2D eigenvalue weighted by Crippen LogP contribution is -2.43. The maximum atomic E-state index is 5.84. The average Bonchev–Trinajstić information content (AvgIpc) is 2.00. The molecule has 1 saturated carbocycles. The molecule has 0 aromatic carbocycles. The third-order valence-corrected chi connectivity index (χ3v) is 2.46. The normalized spacial score (nSPS) is 28.5. The number of alkyl halides is 1. The summed E-state index contributed by atoms with van der Waals surface area (Å²) < 4.78 is 5.33. The molecule has 0 saturated heterocycles. The minimum absolute atomic E-state index is 0.416. The van der Waals surface area contributed by atoms with Gasteiger partial charge in [0.25, 0.3) is 0 Å². The molecule has 0 aromatic rings. The zero-order valence-corrected chi connectivity index (χ0v) is 8.44. The summed E-state index contributed by atoms with van der Waals surface area (Å²) in [6.07, 6.45) is 3.35. The Kier molecular flexibility index (Phi) is 4.96. The van der Waals surface area contributed by atoms with Gasteiger partial charge in [-0.1, -0.05) is 6.92 Å². The van der Waals surface area contributed by atoms with Crippen LogP contribution in [0.15, 0.2) is 0 Å². The Morgan fingerprint density at radius 1 is 1.42 bits per heavy atom. The predicted molar refractivity (Wildman–Crippen MR) is 51.8 cm³/mol. The molecule has 1 rings (SSSR count). The molecule has 0 heterocycles. The van der Waals surface area contributed by atoms with Crippen LogP contribution < -0.4 is 5.32 Å². The van der Waals surface area contributed by atoms with Crippen molar-refractivity contribution in [3.05, 3.63) is 0 Å². The topological polar surface area (TPSA) is 21.3 Å². The van der Waals surface area contributed by atoms with E-state index in [4.69, 9.17) is 16.3 Å². The molecule has 0 radical (unpaired) electrons. The Labute approximate surface area is 79.6 Å². The van der Waals surface area contributed by atoms with Crippen molar-refractivity contribution < 1.29 is 4.74 Å². The van der Waals surface area contributed by atoms with E-state index in [1.54, 1.807) is 0 Å². The van der Waals surface area contributed by atoms with Gasteiger partial charge in [0.1, 0.15) is 0 Å². The van der Waals surface area contributed by atoms with Crippen LogP contribution >= 0.6 is 11.6 Å². The Bertz CT molecular complexity index is 115. The first-order chi connectivity index (χ1) is 5.83. The summed E-state index contributed by atoms with van der Waals surface area (Å²) >= 11 is 5.84. The Balaban J connectivity index is 1.77. The average molecular weight is 192 g/mol. The second-order valence-corrected chi connectivity index (χ2v) is 3.95. The third kappa shape index (κ3) is 3.74. The first kappa shape index (κ1) is 10.3. The van der Waals surface area contributed by atoms with Gasteiger partial charge in [0.05, 0.1) is 6.61 Å². The van der Waals surface area contributed by atoms with Crippen LogP contribution in [0, 0.1) is 0 Å². The molecule has 1 aliphatic rings. The SMILES string of the molecule is CCCOCCNC1CC(Cl)C1. The van der Waals surface area contributed by atoms with Gasteiger partial charge in [-0.15, -0.1) is 11.6 Å². The maximum Gasteiger partial charge on any atom is 0.0590 e. The molecule has 0 aromatic heterocycles. The lowest BCUT2D eigenvalue weighted by atomic mass is 9.92. The fourth-order valence-electron chi connectivity index (χ4n) is 1.30. The van der Waals surface area contributed by atoms with Gasteiger partial charge < -0.3 is 10.1 Å². The molecule has 2 nitrogen and oxygen atoms in total. The second-order valence-electron chi connectivity index (χ2n) is 3.33. The van der Waals surface area contributed by atoms with Crippen molar-refractivity contribution in [3.8, 4) is 0 Å². The minimum Gasteiger partial charge on any atom is -0.380 e. The minimum atomic E-state index is 0.416. The Morgan fingerprint density at radius 3 is 2.75 bits per heavy atom. The molecule has 1 fully saturated rings. The molecule has 1 aliphatic carbocycles. The molecule has 12 heavy (non-hydrogen) atoms. The highest BCUT2D eigenvalue weighted by molar-refractivity contribution is 6.21. The van der Waals surface area contributed by atoms with Gasteiger partial charge in [-0.05, 0) is 19.3 Å². The molecular formula is C9H18ClNO. The van der Waals surface area contributed by atoms with Crippen LogP contribution in [-0.2, 0) is 4.74 Å². The van der Waals surface area contributed by atoms with E-state index in [0.717, 1.165) is 39.0 Å². The van der Waals surface area contributed by atoms with E-state index in [1.165, 1.54) is 0 Å². The first-order valence-electron chi connectivity index (χ1n) is 4.78. The molecular weight excluding hydrogens is 174 g/mol.